The number of aliphatic hydroxyl groups is 1. The van der Waals surface area contributed by atoms with Crippen LogP contribution < -0.4 is 4.74 Å². The van der Waals surface area contributed by atoms with Crippen LogP contribution in [-0.2, 0) is 11.3 Å². The first kappa shape index (κ1) is 20.2. The van der Waals surface area contributed by atoms with Crippen LogP contribution in [0.1, 0.15) is 28.3 Å². The third kappa shape index (κ3) is 3.85. The maximum absolute atomic E-state index is 13.1. The zero-order valence-corrected chi connectivity index (χ0v) is 18.4. The van der Waals surface area contributed by atoms with Crippen molar-refractivity contribution in [2.45, 2.75) is 19.5 Å². The molecule has 1 aliphatic heterocycles. The largest absolute Gasteiger partial charge is 0.503 e. The molecule has 0 unspecified atom stereocenters. The quantitative estimate of drug-likeness (QED) is 0.518. The Morgan fingerprint density at radius 2 is 1.73 bits per heavy atom. The van der Waals surface area contributed by atoms with Gasteiger partial charge in [0.2, 0.25) is 0 Å². The van der Waals surface area contributed by atoms with Crippen molar-refractivity contribution in [1.29, 1.82) is 0 Å². The molecule has 1 N–H and O–H groups in total. The molecule has 4 nitrogen and oxygen atoms in total. The van der Waals surface area contributed by atoms with E-state index in [2.05, 4.69) is 15.9 Å². The molecule has 0 aromatic heterocycles. The molecule has 0 radical (unpaired) electrons. The van der Waals surface area contributed by atoms with Crippen molar-refractivity contribution in [1.82, 2.24) is 4.90 Å². The molecule has 1 amide bonds. The third-order valence-corrected chi connectivity index (χ3v) is 5.84. The monoisotopic (exact) mass is 463 g/mol. The summed E-state index contributed by atoms with van der Waals surface area (Å²) >= 11 is 3.53. The maximum Gasteiger partial charge on any atom is 0.290 e. The van der Waals surface area contributed by atoms with Crippen molar-refractivity contribution in [2.24, 2.45) is 0 Å². The van der Waals surface area contributed by atoms with Gasteiger partial charge in [-0.3, -0.25) is 4.79 Å². The van der Waals surface area contributed by atoms with Crippen molar-refractivity contribution < 1.29 is 14.6 Å². The number of carbonyl (C=O) groups is 1. The molecular formula is C25H22BrNO3. The number of aliphatic hydroxyl groups excluding tert-OH is 1. The lowest BCUT2D eigenvalue weighted by atomic mass is 9.93. The molecule has 3 aromatic carbocycles. The van der Waals surface area contributed by atoms with Crippen LogP contribution in [0.25, 0.3) is 5.57 Å². The average molecular weight is 464 g/mol. The molecule has 5 heteroatoms. The van der Waals surface area contributed by atoms with E-state index in [1.165, 1.54) is 0 Å². The SMILES string of the molecule is COc1ccc(C2=C(O)C(=O)N(Cc3ccc(C)cc3)[C@H]2c2cccc(Br)c2)cc1. The summed E-state index contributed by atoms with van der Waals surface area (Å²) in [6.07, 6.45) is 0. The van der Waals surface area contributed by atoms with E-state index in [0.717, 1.165) is 32.5 Å². The van der Waals surface area contributed by atoms with Gasteiger partial charge in [-0.2, -0.15) is 0 Å². The fourth-order valence-electron chi connectivity index (χ4n) is 3.80. The van der Waals surface area contributed by atoms with Crippen LogP contribution in [0.3, 0.4) is 0 Å². The third-order valence-electron chi connectivity index (χ3n) is 5.34. The van der Waals surface area contributed by atoms with E-state index in [4.69, 9.17) is 4.74 Å². The lowest BCUT2D eigenvalue weighted by Crippen LogP contribution is -2.29. The molecule has 0 fully saturated rings. The van der Waals surface area contributed by atoms with Crippen LogP contribution in [0.15, 0.2) is 83.0 Å². The van der Waals surface area contributed by atoms with Crippen LogP contribution in [0.2, 0.25) is 0 Å². The number of hydrogen-bond acceptors (Lipinski definition) is 3. The second-order valence-corrected chi connectivity index (χ2v) is 8.28. The molecule has 0 saturated heterocycles. The summed E-state index contributed by atoms with van der Waals surface area (Å²) in [5, 5.41) is 10.9. The van der Waals surface area contributed by atoms with Gasteiger partial charge in [0.1, 0.15) is 5.75 Å². The molecule has 4 rings (SSSR count). The van der Waals surface area contributed by atoms with Crippen molar-refractivity contribution >= 4 is 27.4 Å². The Morgan fingerprint density at radius 3 is 2.37 bits per heavy atom. The average Bonchev–Trinajstić information content (AvgIpc) is 3.00. The Balaban J connectivity index is 1.80. The fraction of sp³-hybridized carbons (Fsp3) is 0.160. The van der Waals surface area contributed by atoms with E-state index >= 15 is 0 Å². The number of halogens is 1. The first-order chi connectivity index (χ1) is 14.5. The molecule has 1 atom stereocenters. The Kier molecular flexibility index (Phi) is 5.64. The number of hydrogen-bond donors (Lipinski definition) is 1. The number of methoxy groups -OCH3 is 1. The minimum atomic E-state index is -0.398. The second kappa shape index (κ2) is 8.36. The molecule has 1 aliphatic rings. The predicted molar refractivity (Wildman–Crippen MR) is 121 cm³/mol. The zero-order valence-electron chi connectivity index (χ0n) is 16.8. The van der Waals surface area contributed by atoms with Crippen molar-refractivity contribution in [3.8, 4) is 5.75 Å². The summed E-state index contributed by atoms with van der Waals surface area (Å²) < 4.78 is 6.17. The van der Waals surface area contributed by atoms with Crippen LogP contribution in [0, 0.1) is 6.92 Å². The highest BCUT2D eigenvalue weighted by molar-refractivity contribution is 9.10. The first-order valence-corrected chi connectivity index (χ1v) is 10.5. The molecule has 152 valence electrons. The van der Waals surface area contributed by atoms with Gasteiger partial charge in [-0.15, -0.1) is 0 Å². The normalized spacial score (nSPS) is 16.3. The highest BCUT2D eigenvalue weighted by Gasteiger charge is 2.41. The summed E-state index contributed by atoms with van der Waals surface area (Å²) in [6.45, 7) is 2.43. The molecule has 0 saturated carbocycles. The van der Waals surface area contributed by atoms with Gasteiger partial charge in [-0.25, -0.2) is 0 Å². The van der Waals surface area contributed by atoms with Gasteiger partial charge < -0.3 is 14.7 Å². The lowest BCUT2D eigenvalue weighted by Gasteiger charge is -2.28. The number of benzene rings is 3. The van der Waals surface area contributed by atoms with Gasteiger partial charge in [-0.05, 0) is 47.9 Å². The minimum absolute atomic E-state index is 0.211. The van der Waals surface area contributed by atoms with Crippen molar-refractivity contribution in [2.75, 3.05) is 7.11 Å². The smallest absolute Gasteiger partial charge is 0.290 e. The Hall–Kier alpha value is -3.05. The van der Waals surface area contributed by atoms with Gasteiger partial charge in [0.25, 0.3) is 5.91 Å². The van der Waals surface area contributed by atoms with Gasteiger partial charge >= 0.3 is 0 Å². The second-order valence-electron chi connectivity index (χ2n) is 7.37. The number of amides is 1. The van der Waals surface area contributed by atoms with E-state index in [9.17, 15) is 9.90 Å². The van der Waals surface area contributed by atoms with Crippen LogP contribution in [-0.4, -0.2) is 23.0 Å². The van der Waals surface area contributed by atoms with Crippen LogP contribution in [0.4, 0.5) is 0 Å². The number of aryl methyl sites for hydroxylation is 1. The number of rotatable bonds is 5. The van der Waals surface area contributed by atoms with E-state index in [1.54, 1.807) is 12.0 Å². The fourth-order valence-corrected chi connectivity index (χ4v) is 4.21. The first-order valence-electron chi connectivity index (χ1n) is 9.67. The highest BCUT2D eigenvalue weighted by atomic mass is 79.9. The maximum atomic E-state index is 13.1. The topological polar surface area (TPSA) is 49.8 Å². The molecule has 0 bridgehead atoms. The van der Waals surface area contributed by atoms with Gasteiger partial charge in [0.15, 0.2) is 5.76 Å². The van der Waals surface area contributed by atoms with Gasteiger partial charge in [0.05, 0.1) is 13.2 Å². The highest BCUT2D eigenvalue weighted by Crippen LogP contribution is 2.44. The summed E-state index contributed by atoms with van der Waals surface area (Å²) in [4.78, 5) is 14.9. The van der Waals surface area contributed by atoms with Crippen molar-refractivity contribution in [3.63, 3.8) is 0 Å². The van der Waals surface area contributed by atoms with E-state index in [-0.39, 0.29) is 11.7 Å². The number of ether oxygens (including phenoxy) is 1. The summed E-state index contributed by atoms with van der Waals surface area (Å²) in [5.41, 5.74) is 4.50. The summed E-state index contributed by atoms with van der Waals surface area (Å²) in [6, 6.07) is 23.0. The summed E-state index contributed by atoms with van der Waals surface area (Å²) in [5.74, 6) is 0.141. The molecule has 30 heavy (non-hydrogen) atoms. The molecule has 0 spiro atoms. The summed E-state index contributed by atoms with van der Waals surface area (Å²) in [7, 11) is 1.61. The Morgan fingerprint density at radius 1 is 1.03 bits per heavy atom. The molecule has 1 heterocycles. The van der Waals surface area contributed by atoms with E-state index < -0.39 is 6.04 Å². The van der Waals surface area contributed by atoms with E-state index in [0.29, 0.717) is 12.1 Å². The van der Waals surface area contributed by atoms with Crippen LogP contribution >= 0.6 is 15.9 Å². The molecule has 0 aliphatic carbocycles. The van der Waals surface area contributed by atoms with Gasteiger partial charge in [-0.1, -0.05) is 70.0 Å². The lowest BCUT2D eigenvalue weighted by molar-refractivity contribution is -0.130. The molecule has 3 aromatic rings. The van der Waals surface area contributed by atoms with Gasteiger partial charge in [0, 0.05) is 16.6 Å². The van der Waals surface area contributed by atoms with Crippen molar-refractivity contribution in [3.05, 3.63) is 105 Å². The Labute approximate surface area is 184 Å². The number of nitrogens with zero attached hydrogens (tertiary/aromatic N) is 1. The molecular weight excluding hydrogens is 442 g/mol. The van der Waals surface area contributed by atoms with Crippen LogP contribution in [0.5, 0.6) is 5.75 Å². The Bertz CT molecular complexity index is 1100. The predicted octanol–water partition coefficient (Wildman–Crippen LogP) is 5.82. The van der Waals surface area contributed by atoms with E-state index in [1.807, 2.05) is 79.7 Å². The number of carbonyl (C=O) groups excluding carboxylic acids is 1. The zero-order chi connectivity index (χ0) is 21.3. The standard InChI is InChI=1S/C25H22BrNO3/c1-16-6-8-17(9-7-16)15-27-23(19-4-3-5-20(26)14-19)22(24(28)25(27)29)18-10-12-21(30-2)13-11-18/h3-14,23,28H,15H2,1-2H3/t23-/m0/s1. The minimum Gasteiger partial charge on any atom is -0.503 e.